The summed E-state index contributed by atoms with van der Waals surface area (Å²) in [6, 6.07) is 1.86. The zero-order valence-corrected chi connectivity index (χ0v) is 21.6. The molecular formula is C30H43NO2. The molecule has 0 bridgehead atoms. The lowest BCUT2D eigenvalue weighted by Gasteiger charge is -2.70. The zero-order chi connectivity index (χ0) is 24.2. The van der Waals surface area contributed by atoms with Gasteiger partial charge in [0.25, 0.3) is 0 Å². The topological polar surface area (TPSA) is 66.5 Å². The van der Waals surface area contributed by atoms with Crippen LogP contribution in [0, 0.1) is 34.5 Å². The van der Waals surface area contributed by atoms with Crippen LogP contribution in [0.1, 0.15) is 96.3 Å². The Balaban J connectivity index is 1.63. The van der Waals surface area contributed by atoms with E-state index in [1.54, 1.807) is 5.57 Å². The summed E-state index contributed by atoms with van der Waals surface area (Å²) >= 11 is 0. The Hall–Kier alpha value is -1.90. The lowest BCUT2D eigenvalue weighted by molar-refractivity contribution is -0.154. The third-order valence-corrected chi connectivity index (χ3v) is 11.8. The smallest absolute Gasteiger partial charge is 0.160 e. The number of nitrogens with two attached hydrogens (primary N) is 1. The Morgan fingerprint density at radius 3 is 2.33 bits per heavy atom. The van der Waals surface area contributed by atoms with Crippen LogP contribution in [0.4, 0.5) is 0 Å². The number of fused-ring (bicyclic) bond motifs is 7. The molecular weight excluding hydrogens is 406 g/mol. The van der Waals surface area contributed by atoms with Gasteiger partial charge in [-0.15, -0.1) is 0 Å². The van der Waals surface area contributed by atoms with Crippen molar-refractivity contribution in [3.8, 4) is 11.5 Å². The van der Waals surface area contributed by atoms with E-state index in [-0.39, 0.29) is 33.2 Å². The predicted octanol–water partition coefficient (Wildman–Crippen LogP) is 7.03. The Kier molecular flexibility index (Phi) is 4.58. The highest BCUT2D eigenvalue weighted by molar-refractivity contribution is 5.60. The van der Waals surface area contributed by atoms with E-state index in [1.165, 1.54) is 36.8 Å². The van der Waals surface area contributed by atoms with Crippen LogP contribution in [0.2, 0.25) is 0 Å². The summed E-state index contributed by atoms with van der Waals surface area (Å²) in [4.78, 5) is 0. The Labute approximate surface area is 200 Å². The molecule has 0 saturated heterocycles. The predicted molar refractivity (Wildman–Crippen MR) is 135 cm³/mol. The Morgan fingerprint density at radius 1 is 1.00 bits per heavy atom. The summed E-state index contributed by atoms with van der Waals surface area (Å²) in [5.41, 5.74) is 12.7. The van der Waals surface area contributed by atoms with Crippen LogP contribution in [0.15, 0.2) is 30.0 Å². The van der Waals surface area contributed by atoms with Gasteiger partial charge in [-0.3, -0.25) is 0 Å². The van der Waals surface area contributed by atoms with Crippen molar-refractivity contribution in [1.82, 2.24) is 0 Å². The molecule has 180 valence electrons. The maximum atomic E-state index is 10.5. The van der Waals surface area contributed by atoms with E-state index in [9.17, 15) is 10.2 Å². The molecule has 0 amide bonds. The van der Waals surface area contributed by atoms with Crippen LogP contribution < -0.4 is 5.73 Å². The minimum atomic E-state index is -0.0963. The summed E-state index contributed by atoms with van der Waals surface area (Å²) in [6.07, 6.45) is 11.6. The number of allylic oxidation sites excluding steroid dienone is 3. The van der Waals surface area contributed by atoms with Gasteiger partial charge in [0.2, 0.25) is 0 Å². The van der Waals surface area contributed by atoms with Crippen molar-refractivity contribution >= 4 is 0 Å². The minimum absolute atomic E-state index is 0.0212. The summed E-state index contributed by atoms with van der Waals surface area (Å²) in [7, 11) is 0. The van der Waals surface area contributed by atoms with Crippen LogP contribution in [-0.4, -0.2) is 10.2 Å². The van der Waals surface area contributed by atoms with Crippen LogP contribution in [0.25, 0.3) is 0 Å². The first-order valence-electron chi connectivity index (χ1n) is 12.9. The molecule has 0 radical (unpaired) electrons. The van der Waals surface area contributed by atoms with Gasteiger partial charge in [0.15, 0.2) is 11.5 Å². The second-order valence-electron chi connectivity index (χ2n) is 13.3. The molecule has 4 N–H and O–H groups in total. The summed E-state index contributed by atoms with van der Waals surface area (Å²) < 4.78 is 0. The number of hydrogen-bond acceptors (Lipinski definition) is 3. The molecule has 6 atom stereocenters. The fourth-order valence-corrected chi connectivity index (χ4v) is 8.99. The molecule has 4 aliphatic carbocycles. The van der Waals surface area contributed by atoms with Crippen LogP contribution in [0.5, 0.6) is 11.5 Å². The van der Waals surface area contributed by atoms with E-state index < -0.39 is 0 Å². The Bertz CT molecular complexity index is 1090. The highest BCUT2D eigenvalue weighted by Gasteiger charge is 2.66. The van der Waals surface area contributed by atoms with Gasteiger partial charge < -0.3 is 15.9 Å². The number of benzene rings is 1. The van der Waals surface area contributed by atoms with Crippen LogP contribution >= 0.6 is 0 Å². The quantitative estimate of drug-likeness (QED) is 0.318. The molecule has 4 aliphatic rings. The van der Waals surface area contributed by atoms with Crippen molar-refractivity contribution in [2.75, 3.05) is 0 Å². The molecule has 1 aromatic rings. The molecule has 1 aromatic carbocycles. The van der Waals surface area contributed by atoms with Gasteiger partial charge in [-0.25, -0.2) is 0 Å². The molecule has 0 aromatic heterocycles. The maximum absolute atomic E-state index is 10.5. The molecule has 0 heterocycles. The summed E-state index contributed by atoms with van der Waals surface area (Å²) in [5, 5.41) is 20.9. The zero-order valence-electron chi connectivity index (χ0n) is 21.6. The number of rotatable bonds is 1. The van der Waals surface area contributed by atoms with E-state index in [4.69, 9.17) is 5.73 Å². The Morgan fingerprint density at radius 2 is 1.67 bits per heavy atom. The van der Waals surface area contributed by atoms with Gasteiger partial charge >= 0.3 is 0 Å². The first-order valence-corrected chi connectivity index (χ1v) is 12.9. The van der Waals surface area contributed by atoms with Gasteiger partial charge in [-0.05, 0) is 103 Å². The van der Waals surface area contributed by atoms with Crippen molar-refractivity contribution < 1.29 is 10.2 Å². The fraction of sp³-hybridized carbons (Fsp3) is 0.667. The standard InChI is InChI=1S/C30H43NO2/c1-18-20-8-9-23-28(5,21(20)16-22(32)25(18)33)13-15-30(7)24-17-27(4,19(2)31)11-10-26(24,3)12-14-29(23,30)6/h9,16,24,32-33H,2,8,10-15,17,31H2,1,3-7H3/t24-,26-,27-,28?,29-,30+/m1/s1. The van der Waals surface area contributed by atoms with E-state index in [2.05, 4.69) is 47.3 Å². The summed E-state index contributed by atoms with van der Waals surface area (Å²) in [6.45, 7) is 18.5. The average Bonchev–Trinajstić information content (AvgIpc) is 2.75. The van der Waals surface area contributed by atoms with Crippen LogP contribution in [0.3, 0.4) is 0 Å². The van der Waals surface area contributed by atoms with Gasteiger partial charge in [0, 0.05) is 16.5 Å². The second-order valence-corrected chi connectivity index (χ2v) is 13.3. The summed E-state index contributed by atoms with van der Waals surface area (Å²) in [5.74, 6) is 0.676. The van der Waals surface area contributed by atoms with E-state index in [0.29, 0.717) is 11.3 Å². The van der Waals surface area contributed by atoms with Crippen molar-refractivity contribution in [3.05, 3.63) is 46.7 Å². The van der Waals surface area contributed by atoms with Gasteiger partial charge in [-0.2, -0.15) is 0 Å². The molecule has 0 spiro atoms. The molecule has 33 heavy (non-hydrogen) atoms. The van der Waals surface area contributed by atoms with Crippen molar-refractivity contribution in [2.24, 2.45) is 33.3 Å². The lowest BCUT2D eigenvalue weighted by atomic mass is 9.34. The number of phenolic OH excluding ortho intramolecular Hbond substituents is 2. The van der Waals surface area contributed by atoms with Crippen molar-refractivity contribution in [2.45, 2.75) is 98.3 Å². The monoisotopic (exact) mass is 449 g/mol. The normalized spacial score (nSPS) is 44.1. The van der Waals surface area contributed by atoms with E-state index >= 15 is 0 Å². The van der Waals surface area contributed by atoms with Gasteiger partial charge in [0.05, 0.1) is 0 Å². The third-order valence-electron chi connectivity index (χ3n) is 11.8. The van der Waals surface area contributed by atoms with E-state index in [1.807, 2.05) is 13.0 Å². The third kappa shape index (κ3) is 2.68. The molecule has 3 saturated carbocycles. The number of phenols is 2. The highest BCUT2D eigenvalue weighted by atomic mass is 16.3. The lowest BCUT2D eigenvalue weighted by Crippen LogP contribution is -2.62. The molecule has 5 rings (SSSR count). The largest absolute Gasteiger partial charge is 0.504 e. The second kappa shape index (κ2) is 6.61. The fourth-order valence-electron chi connectivity index (χ4n) is 8.99. The minimum Gasteiger partial charge on any atom is -0.504 e. The first-order chi connectivity index (χ1) is 15.2. The molecule has 0 aliphatic heterocycles. The molecule has 3 nitrogen and oxygen atoms in total. The molecule has 3 fully saturated rings. The average molecular weight is 450 g/mol. The molecule has 1 unspecified atom stereocenters. The van der Waals surface area contributed by atoms with E-state index in [0.717, 1.165) is 36.9 Å². The van der Waals surface area contributed by atoms with Crippen LogP contribution in [-0.2, 0) is 11.8 Å². The van der Waals surface area contributed by atoms with Gasteiger partial charge in [-0.1, -0.05) is 52.8 Å². The first kappa shape index (κ1) is 22.9. The highest BCUT2D eigenvalue weighted by Crippen LogP contribution is 2.74. The van der Waals surface area contributed by atoms with Crippen molar-refractivity contribution in [1.29, 1.82) is 0 Å². The number of aromatic hydroxyl groups is 2. The SMILES string of the molecule is C=C(N)[C@]1(C)CC[C@]2(C)CC[C@]3(C)C4=CCc5c(cc(O)c(O)c5C)C4(C)CC[C@@]3(C)[C@@H]2C1. The maximum Gasteiger partial charge on any atom is 0.160 e. The number of hydrogen-bond donors (Lipinski definition) is 3. The van der Waals surface area contributed by atoms with Gasteiger partial charge in [0.1, 0.15) is 0 Å². The molecule has 3 heteroatoms. The van der Waals surface area contributed by atoms with Crippen molar-refractivity contribution in [3.63, 3.8) is 0 Å².